The van der Waals surface area contributed by atoms with Crippen molar-refractivity contribution in [1.82, 2.24) is 14.5 Å². The Morgan fingerprint density at radius 2 is 1.96 bits per heavy atom. The van der Waals surface area contributed by atoms with Gasteiger partial charge in [0.2, 0.25) is 11.8 Å². The van der Waals surface area contributed by atoms with E-state index in [-0.39, 0.29) is 29.1 Å². The molecule has 1 aromatic heterocycles. The second-order valence-corrected chi connectivity index (χ2v) is 9.10. The van der Waals surface area contributed by atoms with Crippen LogP contribution in [0.5, 0.6) is 0 Å². The normalized spacial score (nSPS) is 13.0. The lowest BCUT2D eigenvalue weighted by Crippen LogP contribution is -2.42. The first kappa shape index (κ1) is 19.9. The lowest BCUT2D eigenvalue weighted by Gasteiger charge is -2.23. The summed E-state index contributed by atoms with van der Waals surface area (Å²) in [5.41, 5.74) is 0. The van der Waals surface area contributed by atoms with Gasteiger partial charge >= 0.3 is 0 Å². The van der Waals surface area contributed by atoms with Gasteiger partial charge in [-0.15, -0.1) is 11.3 Å². The Bertz CT molecular complexity index is 675. The standard InChI is InChI=1S/C13H20ClN3O4S2/c1-9(13(19)15-2)7-16(3)11(18)8-17(4)23(20,21)12-6-5-10(14)22-12/h5-6,9H,7-8H2,1-4H3,(H,15,19)/t9-/m0/s1. The van der Waals surface area contributed by atoms with Crippen LogP contribution in [-0.2, 0) is 19.6 Å². The monoisotopic (exact) mass is 381 g/mol. The summed E-state index contributed by atoms with van der Waals surface area (Å²) in [6, 6.07) is 2.90. The van der Waals surface area contributed by atoms with E-state index >= 15 is 0 Å². The molecule has 0 radical (unpaired) electrons. The zero-order valence-electron chi connectivity index (χ0n) is 13.4. The summed E-state index contributed by atoms with van der Waals surface area (Å²) in [6.45, 7) is 1.59. The van der Waals surface area contributed by atoms with Crippen LogP contribution in [0.4, 0.5) is 0 Å². The molecule has 1 rings (SSSR count). The number of nitrogens with zero attached hydrogens (tertiary/aromatic N) is 2. The molecule has 7 nitrogen and oxygen atoms in total. The Hall–Kier alpha value is -1.16. The number of thiophene rings is 1. The van der Waals surface area contributed by atoms with Crippen LogP contribution in [0, 0.1) is 5.92 Å². The van der Waals surface area contributed by atoms with Gasteiger partial charge in [0.05, 0.1) is 16.8 Å². The van der Waals surface area contributed by atoms with Gasteiger partial charge in [-0.05, 0) is 12.1 Å². The molecule has 1 N–H and O–H groups in total. The van der Waals surface area contributed by atoms with Crippen molar-refractivity contribution < 1.29 is 18.0 Å². The first-order valence-corrected chi connectivity index (χ1v) is 9.40. The number of hydrogen-bond donors (Lipinski definition) is 1. The molecule has 130 valence electrons. The number of hydrogen-bond acceptors (Lipinski definition) is 5. The minimum atomic E-state index is -3.76. The van der Waals surface area contributed by atoms with E-state index in [2.05, 4.69) is 5.32 Å². The third-order valence-corrected chi connectivity index (χ3v) is 6.74. The van der Waals surface area contributed by atoms with Crippen molar-refractivity contribution >= 4 is 44.8 Å². The van der Waals surface area contributed by atoms with Crippen molar-refractivity contribution in [1.29, 1.82) is 0 Å². The first-order chi connectivity index (χ1) is 10.6. The average Bonchev–Trinajstić information content (AvgIpc) is 2.93. The Morgan fingerprint density at radius 3 is 2.43 bits per heavy atom. The van der Waals surface area contributed by atoms with Crippen LogP contribution in [-0.4, -0.2) is 63.7 Å². The van der Waals surface area contributed by atoms with Gasteiger partial charge < -0.3 is 10.2 Å². The third-order valence-electron chi connectivity index (χ3n) is 3.24. The van der Waals surface area contributed by atoms with Gasteiger partial charge in [-0.1, -0.05) is 18.5 Å². The van der Waals surface area contributed by atoms with Crippen molar-refractivity contribution in [3.8, 4) is 0 Å². The number of carbonyl (C=O) groups excluding carboxylic acids is 2. The summed E-state index contributed by atoms with van der Waals surface area (Å²) < 4.78 is 26.1. The van der Waals surface area contributed by atoms with Gasteiger partial charge in [-0.3, -0.25) is 9.59 Å². The van der Waals surface area contributed by atoms with Crippen LogP contribution >= 0.6 is 22.9 Å². The summed E-state index contributed by atoms with van der Waals surface area (Å²) in [6.07, 6.45) is 0. The van der Waals surface area contributed by atoms with E-state index in [0.29, 0.717) is 4.34 Å². The fraction of sp³-hybridized carbons (Fsp3) is 0.538. The van der Waals surface area contributed by atoms with E-state index in [4.69, 9.17) is 11.6 Å². The molecule has 0 bridgehead atoms. The highest BCUT2D eigenvalue weighted by Gasteiger charge is 2.26. The van der Waals surface area contributed by atoms with E-state index in [1.54, 1.807) is 6.92 Å². The van der Waals surface area contributed by atoms with E-state index in [1.807, 2.05) is 0 Å². The van der Waals surface area contributed by atoms with Crippen molar-refractivity contribution in [3.05, 3.63) is 16.5 Å². The molecule has 1 heterocycles. The zero-order chi connectivity index (χ0) is 17.8. The van der Waals surface area contributed by atoms with Gasteiger partial charge in [0.15, 0.2) is 0 Å². The molecule has 0 aliphatic rings. The minimum Gasteiger partial charge on any atom is -0.359 e. The number of likely N-dealkylation sites (N-methyl/N-ethyl adjacent to an activating group) is 2. The molecule has 0 saturated carbocycles. The molecule has 0 aliphatic heterocycles. The summed E-state index contributed by atoms with van der Waals surface area (Å²) in [5, 5.41) is 2.50. The molecule has 0 aliphatic carbocycles. The number of sulfonamides is 1. The highest BCUT2D eigenvalue weighted by molar-refractivity contribution is 7.91. The first-order valence-electron chi connectivity index (χ1n) is 6.76. The predicted molar refractivity (Wildman–Crippen MR) is 90.0 cm³/mol. The molecular weight excluding hydrogens is 362 g/mol. The van der Waals surface area contributed by atoms with Gasteiger partial charge in [-0.25, -0.2) is 8.42 Å². The maximum atomic E-state index is 12.3. The second kappa shape index (κ2) is 8.09. The maximum absolute atomic E-state index is 12.3. The van der Waals surface area contributed by atoms with Gasteiger partial charge in [0.25, 0.3) is 10.0 Å². The molecular formula is C13H20ClN3O4S2. The van der Waals surface area contributed by atoms with Gasteiger partial charge in [0, 0.05) is 27.7 Å². The molecule has 1 aromatic rings. The molecule has 10 heteroatoms. The molecule has 0 aromatic carbocycles. The number of nitrogens with one attached hydrogen (secondary N) is 1. The Balaban J connectivity index is 2.71. The third kappa shape index (κ3) is 5.17. The summed E-state index contributed by atoms with van der Waals surface area (Å²) in [7, 11) is 0.628. The molecule has 0 spiro atoms. The number of amides is 2. The Labute approximate surface area is 145 Å². The topological polar surface area (TPSA) is 86.8 Å². The molecule has 23 heavy (non-hydrogen) atoms. The predicted octanol–water partition coefficient (Wildman–Crippen LogP) is 0.862. The molecule has 2 amide bonds. The van der Waals surface area contributed by atoms with E-state index < -0.39 is 15.9 Å². The molecule has 0 unspecified atom stereocenters. The van der Waals surface area contributed by atoms with Crippen LogP contribution < -0.4 is 5.32 Å². The number of halogens is 1. The number of carbonyl (C=O) groups is 2. The Morgan fingerprint density at radius 1 is 1.35 bits per heavy atom. The lowest BCUT2D eigenvalue weighted by atomic mass is 10.1. The highest BCUT2D eigenvalue weighted by Crippen LogP contribution is 2.27. The van der Waals surface area contributed by atoms with Crippen LogP contribution in [0.2, 0.25) is 4.34 Å². The van der Waals surface area contributed by atoms with Crippen molar-refractivity contribution in [3.63, 3.8) is 0 Å². The van der Waals surface area contributed by atoms with Crippen molar-refractivity contribution in [2.75, 3.05) is 34.2 Å². The molecule has 1 atom stereocenters. The largest absolute Gasteiger partial charge is 0.359 e. The van der Waals surface area contributed by atoms with Crippen LogP contribution in [0.1, 0.15) is 6.92 Å². The SMILES string of the molecule is CNC(=O)[C@@H](C)CN(C)C(=O)CN(C)S(=O)(=O)c1ccc(Cl)s1. The average molecular weight is 382 g/mol. The summed E-state index contributed by atoms with van der Waals surface area (Å²) in [5.74, 6) is -0.958. The Kier molecular flexibility index (Phi) is 7.00. The van der Waals surface area contributed by atoms with Gasteiger partial charge in [-0.2, -0.15) is 4.31 Å². The van der Waals surface area contributed by atoms with Crippen molar-refractivity contribution in [2.45, 2.75) is 11.1 Å². The van der Waals surface area contributed by atoms with Crippen LogP contribution in [0.25, 0.3) is 0 Å². The minimum absolute atomic E-state index is 0.0826. The lowest BCUT2D eigenvalue weighted by molar-refractivity contribution is -0.132. The summed E-state index contributed by atoms with van der Waals surface area (Å²) >= 11 is 6.68. The maximum Gasteiger partial charge on any atom is 0.252 e. The fourth-order valence-corrected chi connectivity index (χ4v) is 4.64. The smallest absolute Gasteiger partial charge is 0.252 e. The number of rotatable bonds is 7. The zero-order valence-corrected chi connectivity index (χ0v) is 15.8. The molecule has 0 fully saturated rings. The van der Waals surface area contributed by atoms with Crippen LogP contribution in [0.15, 0.2) is 16.3 Å². The summed E-state index contributed by atoms with van der Waals surface area (Å²) in [4.78, 5) is 25.0. The molecule has 0 saturated heterocycles. The van der Waals surface area contributed by atoms with Crippen molar-refractivity contribution in [2.24, 2.45) is 5.92 Å². The van der Waals surface area contributed by atoms with E-state index in [1.165, 1.54) is 38.2 Å². The highest BCUT2D eigenvalue weighted by atomic mass is 35.5. The fourth-order valence-electron chi connectivity index (χ4n) is 1.83. The van der Waals surface area contributed by atoms with Crippen LogP contribution in [0.3, 0.4) is 0 Å². The van der Waals surface area contributed by atoms with Gasteiger partial charge in [0.1, 0.15) is 4.21 Å². The van der Waals surface area contributed by atoms with E-state index in [0.717, 1.165) is 15.6 Å². The van der Waals surface area contributed by atoms with E-state index in [9.17, 15) is 18.0 Å². The quantitative estimate of drug-likeness (QED) is 0.759. The second-order valence-electron chi connectivity index (χ2n) is 5.11.